The number of hydrogen-bond donors (Lipinski definition) is 0. The number of nitrogens with zero attached hydrogens (tertiary/aromatic N) is 1. The van der Waals surface area contributed by atoms with E-state index in [4.69, 9.17) is 14.2 Å². The van der Waals surface area contributed by atoms with Gasteiger partial charge in [0, 0.05) is 20.2 Å². The van der Waals surface area contributed by atoms with Gasteiger partial charge >= 0.3 is 5.97 Å². The molecule has 1 aliphatic heterocycles. The minimum absolute atomic E-state index is 0.0625. The van der Waals surface area contributed by atoms with Crippen LogP contribution in [0.5, 0.6) is 0 Å². The average molecular weight is 285 g/mol. The first-order chi connectivity index (χ1) is 9.74. The number of rotatable bonds is 6. The molecule has 1 aliphatic carbocycles. The van der Waals surface area contributed by atoms with E-state index in [0.29, 0.717) is 6.61 Å². The van der Waals surface area contributed by atoms with Crippen LogP contribution >= 0.6 is 0 Å². The zero-order chi connectivity index (χ0) is 14.4. The molecule has 0 bridgehead atoms. The number of hydrogen-bond acceptors (Lipinski definition) is 5. The molecule has 0 amide bonds. The molecular weight excluding hydrogens is 258 g/mol. The van der Waals surface area contributed by atoms with Crippen LogP contribution in [0.1, 0.15) is 38.5 Å². The Labute approximate surface area is 121 Å². The van der Waals surface area contributed by atoms with Gasteiger partial charge in [0.05, 0.1) is 25.7 Å². The molecule has 20 heavy (non-hydrogen) atoms. The van der Waals surface area contributed by atoms with E-state index in [2.05, 4.69) is 4.90 Å². The third kappa shape index (κ3) is 4.17. The molecule has 2 aliphatic rings. The van der Waals surface area contributed by atoms with Gasteiger partial charge in [0.15, 0.2) is 0 Å². The van der Waals surface area contributed by atoms with Crippen LogP contribution in [0.4, 0.5) is 0 Å². The van der Waals surface area contributed by atoms with Gasteiger partial charge in [0.25, 0.3) is 0 Å². The Kier molecular flexibility index (Phi) is 6.26. The Hall–Kier alpha value is -0.650. The van der Waals surface area contributed by atoms with Gasteiger partial charge in [-0.1, -0.05) is 0 Å². The lowest BCUT2D eigenvalue weighted by atomic mass is 9.87. The summed E-state index contributed by atoms with van der Waals surface area (Å²) < 4.78 is 16.3. The number of esters is 1. The normalized spacial score (nSPS) is 29.3. The lowest BCUT2D eigenvalue weighted by Crippen LogP contribution is -2.42. The van der Waals surface area contributed by atoms with Gasteiger partial charge in [-0.05, 0) is 38.5 Å². The highest BCUT2D eigenvalue weighted by Crippen LogP contribution is 2.28. The molecule has 1 saturated carbocycles. The molecule has 1 saturated heterocycles. The van der Waals surface area contributed by atoms with Gasteiger partial charge in [-0.25, -0.2) is 0 Å². The van der Waals surface area contributed by atoms with Crippen LogP contribution in [-0.2, 0) is 19.0 Å². The van der Waals surface area contributed by atoms with Crippen molar-refractivity contribution >= 4 is 5.97 Å². The lowest BCUT2D eigenvalue weighted by molar-refractivity contribution is -0.152. The number of ether oxygens (including phenoxy) is 3. The Bertz CT molecular complexity index is 296. The molecule has 2 rings (SSSR count). The summed E-state index contributed by atoms with van der Waals surface area (Å²) in [5, 5.41) is 0. The summed E-state index contributed by atoms with van der Waals surface area (Å²) >= 11 is 0. The molecule has 0 N–H and O–H groups in total. The predicted molar refractivity (Wildman–Crippen MR) is 75.3 cm³/mol. The lowest BCUT2D eigenvalue weighted by Gasteiger charge is -2.34. The van der Waals surface area contributed by atoms with Crippen LogP contribution in [0.3, 0.4) is 0 Å². The standard InChI is InChI=1S/C15H27NO4/c1-18-11-14(16-9-3-4-10-16)20-13-7-5-12(6-8-13)15(17)19-2/h12-14H,3-11H2,1-2H3. The first kappa shape index (κ1) is 15.7. The second kappa shape index (κ2) is 7.96. The van der Waals surface area contributed by atoms with Crippen molar-refractivity contribution in [3.8, 4) is 0 Å². The molecule has 5 nitrogen and oxygen atoms in total. The first-order valence-electron chi connectivity index (χ1n) is 7.71. The summed E-state index contributed by atoms with van der Waals surface area (Å²) in [6, 6.07) is 0. The largest absolute Gasteiger partial charge is 0.469 e. The van der Waals surface area contributed by atoms with Crippen LogP contribution in [0.2, 0.25) is 0 Å². The monoisotopic (exact) mass is 285 g/mol. The van der Waals surface area contributed by atoms with Crippen LogP contribution < -0.4 is 0 Å². The Balaban J connectivity index is 1.78. The third-order valence-electron chi connectivity index (χ3n) is 4.42. The topological polar surface area (TPSA) is 48.0 Å². The van der Waals surface area contributed by atoms with E-state index in [1.807, 2.05) is 0 Å². The quantitative estimate of drug-likeness (QED) is 0.697. The maximum atomic E-state index is 11.5. The minimum Gasteiger partial charge on any atom is -0.469 e. The van der Waals surface area contributed by atoms with E-state index < -0.39 is 0 Å². The summed E-state index contributed by atoms with van der Waals surface area (Å²) in [5.41, 5.74) is 0. The van der Waals surface area contributed by atoms with Gasteiger partial charge < -0.3 is 14.2 Å². The van der Waals surface area contributed by atoms with E-state index in [9.17, 15) is 4.79 Å². The smallest absolute Gasteiger partial charge is 0.308 e. The van der Waals surface area contributed by atoms with E-state index >= 15 is 0 Å². The number of carbonyl (C=O) groups is 1. The van der Waals surface area contributed by atoms with Gasteiger partial charge in [0.1, 0.15) is 6.23 Å². The van der Waals surface area contributed by atoms with E-state index in [1.54, 1.807) is 7.11 Å². The molecule has 1 unspecified atom stereocenters. The first-order valence-corrected chi connectivity index (χ1v) is 7.71. The van der Waals surface area contributed by atoms with Gasteiger partial charge in [0.2, 0.25) is 0 Å². The van der Waals surface area contributed by atoms with Crippen molar-refractivity contribution in [1.82, 2.24) is 4.90 Å². The fraction of sp³-hybridized carbons (Fsp3) is 0.933. The number of methoxy groups -OCH3 is 2. The van der Waals surface area contributed by atoms with Crippen molar-refractivity contribution in [2.45, 2.75) is 50.9 Å². The van der Waals surface area contributed by atoms with Crippen LogP contribution in [0, 0.1) is 5.92 Å². The number of carbonyl (C=O) groups excluding carboxylic acids is 1. The van der Waals surface area contributed by atoms with Gasteiger partial charge in [-0.3, -0.25) is 9.69 Å². The van der Waals surface area contributed by atoms with E-state index in [1.165, 1.54) is 20.0 Å². The van der Waals surface area contributed by atoms with Crippen molar-refractivity contribution in [3.63, 3.8) is 0 Å². The zero-order valence-electron chi connectivity index (χ0n) is 12.7. The molecule has 0 aromatic heterocycles. The molecule has 0 aromatic carbocycles. The predicted octanol–water partition coefficient (Wildman–Crippen LogP) is 1.80. The number of likely N-dealkylation sites (tertiary alicyclic amines) is 1. The SMILES string of the molecule is COCC(OC1CCC(C(=O)OC)CC1)N1CCCC1. The second-order valence-corrected chi connectivity index (χ2v) is 5.79. The highest BCUT2D eigenvalue weighted by atomic mass is 16.5. The summed E-state index contributed by atoms with van der Waals surface area (Å²) in [4.78, 5) is 13.9. The minimum atomic E-state index is -0.0727. The van der Waals surface area contributed by atoms with Crippen molar-refractivity contribution in [2.24, 2.45) is 5.92 Å². The fourth-order valence-corrected chi connectivity index (χ4v) is 3.23. The molecule has 1 heterocycles. The Morgan fingerprint density at radius 3 is 2.35 bits per heavy atom. The third-order valence-corrected chi connectivity index (χ3v) is 4.42. The maximum Gasteiger partial charge on any atom is 0.308 e. The summed E-state index contributed by atoms with van der Waals surface area (Å²) in [6.07, 6.45) is 6.44. The maximum absolute atomic E-state index is 11.5. The average Bonchev–Trinajstić information content (AvgIpc) is 3.01. The van der Waals surface area contributed by atoms with Crippen molar-refractivity contribution < 1.29 is 19.0 Å². The molecule has 116 valence electrons. The van der Waals surface area contributed by atoms with E-state index in [0.717, 1.165) is 38.8 Å². The van der Waals surface area contributed by atoms with Crippen LogP contribution in [0.25, 0.3) is 0 Å². The highest BCUT2D eigenvalue weighted by molar-refractivity contribution is 5.72. The molecule has 2 fully saturated rings. The molecular formula is C15H27NO4. The summed E-state index contributed by atoms with van der Waals surface area (Å²) in [5.74, 6) is -0.0102. The molecule has 0 spiro atoms. The second-order valence-electron chi connectivity index (χ2n) is 5.79. The molecule has 0 radical (unpaired) electrons. The summed E-state index contributed by atoms with van der Waals surface area (Å²) in [7, 11) is 3.19. The van der Waals surface area contributed by atoms with Crippen LogP contribution in [0.15, 0.2) is 0 Å². The molecule has 1 atom stereocenters. The zero-order valence-corrected chi connectivity index (χ0v) is 12.7. The molecule has 5 heteroatoms. The van der Waals surface area contributed by atoms with Crippen molar-refractivity contribution in [1.29, 1.82) is 0 Å². The molecule has 0 aromatic rings. The van der Waals surface area contributed by atoms with Crippen molar-refractivity contribution in [3.05, 3.63) is 0 Å². The highest BCUT2D eigenvalue weighted by Gasteiger charge is 2.31. The fourth-order valence-electron chi connectivity index (χ4n) is 3.23. The van der Waals surface area contributed by atoms with Gasteiger partial charge in [-0.15, -0.1) is 0 Å². The Morgan fingerprint density at radius 1 is 1.15 bits per heavy atom. The van der Waals surface area contributed by atoms with Gasteiger partial charge in [-0.2, -0.15) is 0 Å². The van der Waals surface area contributed by atoms with Crippen molar-refractivity contribution in [2.75, 3.05) is 33.9 Å². The Morgan fingerprint density at radius 2 is 1.80 bits per heavy atom. The summed E-state index contributed by atoms with van der Waals surface area (Å²) in [6.45, 7) is 2.83. The van der Waals surface area contributed by atoms with Crippen LogP contribution in [-0.4, -0.2) is 57.1 Å². The van der Waals surface area contributed by atoms with E-state index in [-0.39, 0.29) is 24.2 Å².